The SMILES string of the molecule is CC(CCl)(CCl)NS(=O)(=O)CCc1ccncc1. The maximum absolute atomic E-state index is 11.9. The van der Waals surface area contributed by atoms with Crippen LogP contribution in [0.4, 0.5) is 0 Å². The number of hydrogen-bond donors (Lipinski definition) is 1. The van der Waals surface area contributed by atoms with Crippen LogP contribution < -0.4 is 4.72 Å². The van der Waals surface area contributed by atoms with Crippen LogP contribution in [0.25, 0.3) is 0 Å². The molecule has 1 N–H and O–H groups in total. The first-order chi connectivity index (χ1) is 8.41. The largest absolute Gasteiger partial charge is 0.265 e. The molecule has 0 aromatic carbocycles. The topological polar surface area (TPSA) is 59.1 Å². The van der Waals surface area contributed by atoms with Crippen LogP contribution in [0.5, 0.6) is 0 Å². The van der Waals surface area contributed by atoms with E-state index in [9.17, 15) is 8.42 Å². The molecule has 0 saturated carbocycles. The van der Waals surface area contributed by atoms with Crippen molar-refractivity contribution >= 4 is 33.2 Å². The molecule has 0 unspecified atom stereocenters. The summed E-state index contributed by atoms with van der Waals surface area (Å²) in [7, 11) is -3.40. The van der Waals surface area contributed by atoms with E-state index in [0.717, 1.165) is 5.56 Å². The molecule has 7 heteroatoms. The maximum Gasteiger partial charge on any atom is 0.212 e. The Hall–Kier alpha value is -0.360. The molecule has 1 rings (SSSR count). The molecule has 0 aliphatic carbocycles. The fourth-order valence-corrected chi connectivity index (χ4v) is 3.40. The highest BCUT2D eigenvalue weighted by Crippen LogP contribution is 2.11. The van der Waals surface area contributed by atoms with E-state index >= 15 is 0 Å². The second-order valence-corrected chi connectivity index (χ2v) is 6.73. The Bertz CT molecular complexity index is 461. The Balaban J connectivity index is 2.61. The van der Waals surface area contributed by atoms with Gasteiger partial charge in [0.1, 0.15) is 0 Å². The highest BCUT2D eigenvalue weighted by molar-refractivity contribution is 7.89. The van der Waals surface area contributed by atoms with Crippen molar-refractivity contribution in [2.75, 3.05) is 17.5 Å². The minimum atomic E-state index is -3.40. The summed E-state index contributed by atoms with van der Waals surface area (Å²) in [6, 6.07) is 3.58. The minimum Gasteiger partial charge on any atom is -0.265 e. The lowest BCUT2D eigenvalue weighted by atomic mass is 10.1. The van der Waals surface area contributed by atoms with E-state index in [2.05, 4.69) is 9.71 Å². The molecule has 0 bridgehead atoms. The molecule has 0 saturated heterocycles. The molecule has 0 radical (unpaired) electrons. The third-order valence-electron chi connectivity index (χ3n) is 2.40. The van der Waals surface area contributed by atoms with Crippen LogP contribution in [0.15, 0.2) is 24.5 Å². The molecule has 4 nitrogen and oxygen atoms in total. The second-order valence-electron chi connectivity index (χ2n) is 4.35. The number of alkyl halides is 2. The van der Waals surface area contributed by atoms with Crippen LogP contribution in [0.1, 0.15) is 12.5 Å². The van der Waals surface area contributed by atoms with Crippen molar-refractivity contribution in [3.05, 3.63) is 30.1 Å². The molecule has 18 heavy (non-hydrogen) atoms. The van der Waals surface area contributed by atoms with Crippen molar-refractivity contribution in [1.82, 2.24) is 9.71 Å². The first-order valence-corrected chi connectivity index (χ1v) is 8.15. The lowest BCUT2D eigenvalue weighted by molar-refractivity contribution is 0.500. The van der Waals surface area contributed by atoms with Crippen LogP contribution in [-0.4, -0.2) is 36.5 Å². The van der Waals surface area contributed by atoms with E-state index in [1.807, 2.05) is 0 Å². The summed E-state index contributed by atoms with van der Waals surface area (Å²) in [6.07, 6.45) is 3.70. The quantitative estimate of drug-likeness (QED) is 0.781. The molecule has 0 aliphatic rings. The van der Waals surface area contributed by atoms with Gasteiger partial charge in [-0.2, -0.15) is 0 Å². The number of aryl methyl sites for hydroxylation is 1. The van der Waals surface area contributed by atoms with E-state index in [0.29, 0.717) is 6.42 Å². The van der Waals surface area contributed by atoms with Gasteiger partial charge in [-0.15, -0.1) is 23.2 Å². The number of sulfonamides is 1. The molecule has 0 amide bonds. The third-order valence-corrected chi connectivity index (χ3v) is 5.13. The van der Waals surface area contributed by atoms with Crippen molar-refractivity contribution in [2.24, 2.45) is 0 Å². The third kappa shape index (κ3) is 5.10. The zero-order valence-corrected chi connectivity index (χ0v) is 12.4. The fourth-order valence-electron chi connectivity index (χ4n) is 1.32. The van der Waals surface area contributed by atoms with Gasteiger partial charge in [0.05, 0.1) is 11.3 Å². The summed E-state index contributed by atoms with van der Waals surface area (Å²) in [4.78, 5) is 3.88. The Labute approximate surface area is 118 Å². The van der Waals surface area contributed by atoms with E-state index in [1.165, 1.54) is 0 Å². The monoisotopic (exact) mass is 310 g/mol. The lowest BCUT2D eigenvalue weighted by Crippen LogP contribution is -2.50. The Kier molecular flexibility index (Phi) is 5.85. The Morgan fingerprint density at radius 2 is 1.83 bits per heavy atom. The Morgan fingerprint density at radius 1 is 1.28 bits per heavy atom. The average Bonchev–Trinajstić information content (AvgIpc) is 2.37. The number of aromatic nitrogens is 1. The van der Waals surface area contributed by atoms with Crippen molar-refractivity contribution in [2.45, 2.75) is 18.9 Å². The second kappa shape index (κ2) is 6.70. The van der Waals surface area contributed by atoms with Gasteiger partial charge in [-0.25, -0.2) is 13.1 Å². The molecule has 1 aromatic heterocycles. The number of pyridine rings is 1. The summed E-state index contributed by atoms with van der Waals surface area (Å²) in [5.74, 6) is 0.260. The molecule has 102 valence electrons. The van der Waals surface area contributed by atoms with Crippen molar-refractivity contribution in [3.63, 3.8) is 0 Å². The lowest BCUT2D eigenvalue weighted by Gasteiger charge is -2.25. The summed E-state index contributed by atoms with van der Waals surface area (Å²) in [5.41, 5.74) is 0.119. The molecular weight excluding hydrogens is 295 g/mol. The van der Waals surface area contributed by atoms with E-state index in [1.54, 1.807) is 31.5 Å². The first-order valence-electron chi connectivity index (χ1n) is 5.43. The van der Waals surface area contributed by atoms with Crippen LogP contribution in [0.3, 0.4) is 0 Å². The number of rotatable bonds is 7. The van der Waals surface area contributed by atoms with E-state index in [4.69, 9.17) is 23.2 Å². The predicted molar refractivity (Wildman–Crippen MR) is 74.7 cm³/mol. The number of hydrogen-bond acceptors (Lipinski definition) is 3. The van der Waals surface area contributed by atoms with Gasteiger partial charge in [-0.1, -0.05) is 0 Å². The van der Waals surface area contributed by atoms with Crippen molar-refractivity contribution in [1.29, 1.82) is 0 Å². The van der Waals surface area contributed by atoms with Gasteiger partial charge in [0.2, 0.25) is 10.0 Å². The summed E-state index contributed by atoms with van der Waals surface area (Å²) in [5, 5.41) is 0. The van der Waals surface area contributed by atoms with Crippen LogP contribution >= 0.6 is 23.2 Å². The molecule has 1 heterocycles. The molecule has 0 fully saturated rings. The number of nitrogens with one attached hydrogen (secondary N) is 1. The molecule has 0 spiro atoms. The highest BCUT2D eigenvalue weighted by Gasteiger charge is 2.27. The first kappa shape index (κ1) is 15.7. The molecule has 0 atom stereocenters. The summed E-state index contributed by atoms with van der Waals surface area (Å²) in [6.45, 7) is 1.68. The zero-order chi connectivity index (χ0) is 13.6. The molecule has 0 aliphatic heterocycles. The van der Waals surface area contributed by atoms with Gasteiger partial charge < -0.3 is 0 Å². The standard InChI is InChI=1S/C11H16Cl2N2O2S/c1-11(8-12,9-13)15-18(16,17)7-4-10-2-5-14-6-3-10/h2-3,5-6,15H,4,7-9H2,1H3. The summed E-state index contributed by atoms with van der Waals surface area (Å²) >= 11 is 11.4. The Morgan fingerprint density at radius 3 is 2.33 bits per heavy atom. The maximum atomic E-state index is 11.9. The smallest absolute Gasteiger partial charge is 0.212 e. The highest BCUT2D eigenvalue weighted by atomic mass is 35.5. The summed E-state index contributed by atoms with van der Waals surface area (Å²) < 4.78 is 26.3. The van der Waals surface area contributed by atoms with Gasteiger partial charge in [0.15, 0.2) is 0 Å². The fraction of sp³-hybridized carbons (Fsp3) is 0.545. The number of nitrogens with zero attached hydrogens (tertiary/aromatic N) is 1. The molecular formula is C11H16Cl2N2O2S. The van der Waals surface area contributed by atoms with Crippen LogP contribution in [-0.2, 0) is 16.4 Å². The minimum absolute atomic E-state index is 0.000378. The zero-order valence-electron chi connectivity index (χ0n) is 10.1. The van der Waals surface area contributed by atoms with Gasteiger partial charge in [-0.05, 0) is 31.0 Å². The predicted octanol–water partition coefficient (Wildman–Crippen LogP) is 1.78. The van der Waals surface area contributed by atoms with Gasteiger partial charge in [0, 0.05) is 24.2 Å². The van der Waals surface area contributed by atoms with Crippen LogP contribution in [0, 0.1) is 0 Å². The van der Waals surface area contributed by atoms with E-state index in [-0.39, 0.29) is 17.5 Å². The van der Waals surface area contributed by atoms with Gasteiger partial charge in [0.25, 0.3) is 0 Å². The normalized spacial score (nSPS) is 12.6. The number of halogens is 2. The van der Waals surface area contributed by atoms with Gasteiger partial charge in [-0.3, -0.25) is 4.98 Å². The molecule has 1 aromatic rings. The van der Waals surface area contributed by atoms with E-state index < -0.39 is 15.6 Å². The van der Waals surface area contributed by atoms with Gasteiger partial charge >= 0.3 is 0 Å². The van der Waals surface area contributed by atoms with Crippen molar-refractivity contribution < 1.29 is 8.42 Å². The van der Waals surface area contributed by atoms with Crippen molar-refractivity contribution in [3.8, 4) is 0 Å². The average molecular weight is 311 g/mol. The van der Waals surface area contributed by atoms with Crippen LogP contribution in [0.2, 0.25) is 0 Å².